The third-order valence-electron chi connectivity index (χ3n) is 3.40. The Bertz CT molecular complexity index is 833. The molecule has 144 valence electrons. The summed E-state index contributed by atoms with van der Waals surface area (Å²) >= 11 is 0. The van der Waals surface area contributed by atoms with Gasteiger partial charge in [0.15, 0.2) is 11.5 Å². The molecule has 0 heterocycles. The summed E-state index contributed by atoms with van der Waals surface area (Å²) in [5.41, 5.74) is 1.71. The molecule has 0 aromatic heterocycles. The molecule has 1 N–H and O–H groups in total. The number of hydrazone groups is 1. The first-order valence-electron chi connectivity index (χ1n) is 8.06. The van der Waals surface area contributed by atoms with Crippen LogP contribution in [0.1, 0.15) is 35.3 Å². The SMILES string of the molecule is COc1cccc(/C=N/NC(=O)c2cccc(C(F)(F)F)c2)c1OC(C)C. The number of alkyl halides is 3. The van der Waals surface area contributed by atoms with Gasteiger partial charge in [-0.05, 0) is 44.2 Å². The van der Waals surface area contributed by atoms with Gasteiger partial charge in [-0.2, -0.15) is 18.3 Å². The molecule has 0 saturated carbocycles. The first-order chi connectivity index (χ1) is 12.7. The quantitative estimate of drug-likeness (QED) is 0.602. The molecule has 0 aliphatic carbocycles. The molecule has 1 amide bonds. The second kappa shape index (κ2) is 8.57. The van der Waals surface area contributed by atoms with Crippen molar-refractivity contribution < 1.29 is 27.4 Å². The normalized spacial score (nSPS) is 11.7. The average Bonchev–Trinajstić information content (AvgIpc) is 2.61. The molecule has 2 rings (SSSR count). The smallest absolute Gasteiger partial charge is 0.416 e. The third kappa shape index (κ3) is 5.47. The highest BCUT2D eigenvalue weighted by Crippen LogP contribution is 2.31. The minimum atomic E-state index is -4.52. The van der Waals surface area contributed by atoms with Crippen LogP contribution in [0.3, 0.4) is 0 Å². The standard InChI is InChI=1S/C19H19F3N2O3/c1-12(2)27-17-14(7-5-9-16(17)26-3)11-23-24-18(25)13-6-4-8-15(10-13)19(20,21)22/h4-12H,1-3H3,(H,24,25)/b23-11+. The lowest BCUT2D eigenvalue weighted by Gasteiger charge is -2.15. The summed E-state index contributed by atoms with van der Waals surface area (Å²) in [6.45, 7) is 3.70. The van der Waals surface area contributed by atoms with Gasteiger partial charge in [0.25, 0.3) is 5.91 Å². The highest BCUT2D eigenvalue weighted by atomic mass is 19.4. The molecule has 0 aliphatic heterocycles. The van der Waals surface area contributed by atoms with Crippen molar-refractivity contribution in [3.05, 3.63) is 59.2 Å². The number of hydrogen-bond donors (Lipinski definition) is 1. The number of halogens is 3. The summed E-state index contributed by atoms with van der Waals surface area (Å²) in [5.74, 6) is 0.190. The Kier molecular flexibility index (Phi) is 6.44. The van der Waals surface area contributed by atoms with Crippen molar-refractivity contribution >= 4 is 12.1 Å². The van der Waals surface area contributed by atoms with Crippen LogP contribution in [0.5, 0.6) is 11.5 Å². The molecule has 5 nitrogen and oxygen atoms in total. The highest BCUT2D eigenvalue weighted by molar-refractivity contribution is 5.95. The molecule has 0 radical (unpaired) electrons. The first-order valence-corrected chi connectivity index (χ1v) is 8.06. The largest absolute Gasteiger partial charge is 0.493 e. The summed E-state index contributed by atoms with van der Waals surface area (Å²) in [6.07, 6.45) is -3.30. The van der Waals surface area contributed by atoms with Gasteiger partial charge in [0, 0.05) is 11.1 Å². The van der Waals surface area contributed by atoms with Crippen molar-refractivity contribution in [2.24, 2.45) is 5.10 Å². The Morgan fingerprint density at radius 2 is 1.89 bits per heavy atom. The second-order valence-corrected chi connectivity index (χ2v) is 5.82. The Balaban J connectivity index is 2.17. The van der Waals surface area contributed by atoms with Crippen LogP contribution >= 0.6 is 0 Å². The zero-order chi connectivity index (χ0) is 20.0. The van der Waals surface area contributed by atoms with Gasteiger partial charge in [0.1, 0.15) is 0 Å². The van der Waals surface area contributed by atoms with Gasteiger partial charge in [-0.1, -0.05) is 12.1 Å². The molecule has 2 aromatic rings. The zero-order valence-electron chi connectivity index (χ0n) is 15.0. The lowest BCUT2D eigenvalue weighted by atomic mass is 10.1. The fourth-order valence-electron chi connectivity index (χ4n) is 2.22. The van der Waals surface area contributed by atoms with Crippen molar-refractivity contribution in [2.45, 2.75) is 26.1 Å². The number of amides is 1. The second-order valence-electron chi connectivity index (χ2n) is 5.82. The molecule has 0 bridgehead atoms. The fourth-order valence-corrected chi connectivity index (χ4v) is 2.22. The molecule has 0 saturated heterocycles. The molecule has 0 spiro atoms. The van der Waals surface area contributed by atoms with Crippen LogP contribution in [0.2, 0.25) is 0 Å². The molecular formula is C19H19F3N2O3. The minimum absolute atomic E-state index is 0.117. The van der Waals surface area contributed by atoms with Gasteiger partial charge in [-0.15, -0.1) is 0 Å². The highest BCUT2D eigenvalue weighted by Gasteiger charge is 2.30. The summed E-state index contributed by atoms with van der Waals surface area (Å²) in [7, 11) is 1.50. The molecule has 0 fully saturated rings. The molecule has 2 aromatic carbocycles. The molecule has 27 heavy (non-hydrogen) atoms. The van der Waals surface area contributed by atoms with Crippen LogP contribution < -0.4 is 14.9 Å². The van der Waals surface area contributed by atoms with E-state index < -0.39 is 17.6 Å². The van der Waals surface area contributed by atoms with Crippen LogP contribution in [0.25, 0.3) is 0 Å². The molecule has 0 aliphatic rings. The lowest BCUT2D eigenvalue weighted by molar-refractivity contribution is -0.137. The minimum Gasteiger partial charge on any atom is -0.493 e. The maximum Gasteiger partial charge on any atom is 0.416 e. The van der Waals surface area contributed by atoms with Gasteiger partial charge < -0.3 is 9.47 Å². The van der Waals surface area contributed by atoms with Crippen molar-refractivity contribution in [2.75, 3.05) is 7.11 Å². The number of nitrogens with zero attached hydrogens (tertiary/aromatic N) is 1. The molecule has 0 atom stereocenters. The van der Waals surface area contributed by atoms with Crippen LogP contribution in [-0.4, -0.2) is 25.3 Å². The van der Waals surface area contributed by atoms with E-state index in [4.69, 9.17) is 9.47 Å². The number of hydrogen-bond acceptors (Lipinski definition) is 4. The van der Waals surface area contributed by atoms with E-state index in [1.54, 1.807) is 18.2 Å². The van der Waals surface area contributed by atoms with Crippen molar-refractivity contribution in [1.29, 1.82) is 0 Å². The van der Waals surface area contributed by atoms with Crippen molar-refractivity contribution in [1.82, 2.24) is 5.43 Å². The van der Waals surface area contributed by atoms with E-state index in [0.29, 0.717) is 17.1 Å². The van der Waals surface area contributed by atoms with Crippen LogP contribution in [0.15, 0.2) is 47.6 Å². The van der Waals surface area contributed by atoms with Gasteiger partial charge >= 0.3 is 6.18 Å². The Labute approximate surface area is 154 Å². The maximum atomic E-state index is 12.7. The number of ether oxygens (including phenoxy) is 2. The Hall–Kier alpha value is -3.03. The lowest BCUT2D eigenvalue weighted by Crippen LogP contribution is -2.18. The molecule has 8 heteroatoms. The number of carbonyl (C=O) groups excluding carboxylic acids is 1. The van der Waals surface area contributed by atoms with Gasteiger partial charge in [-0.25, -0.2) is 5.43 Å². The van der Waals surface area contributed by atoms with E-state index in [0.717, 1.165) is 18.2 Å². The van der Waals surface area contributed by atoms with Gasteiger partial charge in [0.2, 0.25) is 0 Å². The number of carbonyl (C=O) groups is 1. The fraction of sp³-hybridized carbons (Fsp3) is 0.263. The van der Waals surface area contributed by atoms with Crippen molar-refractivity contribution in [3.8, 4) is 11.5 Å². The topological polar surface area (TPSA) is 59.9 Å². The number of nitrogens with one attached hydrogen (secondary N) is 1. The van der Waals surface area contributed by atoms with E-state index in [-0.39, 0.29) is 11.7 Å². The Morgan fingerprint density at radius 1 is 1.19 bits per heavy atom. The van der Waals surface area contributed by atoms with Crippen LogP contribution in [0, 0.1) is 0 Å². The summed E-state index contributed by atoms with van der Waals surface area (Å²) in [6, 6.07) is 9.25. The van der Waals surface area contributed by atoms with E-state index in [1.165, 1.54) is 19.4 Å². The first kappa shape index (κ1) is 20.3. The molecule has 0 unspecified atom stereocenters. The van der Waals surface area contributed by atoms with E-state index in [9.17, 15) is 18.0 Å². The summed E-state index contributed by atoms with van der Waals surface area (Å²) in [5, 5.41) is 3.81. The predicted octanol–water partition coefficient (Wildman–Crippen LogP) is 4.27. The monoisotopic (exact) mass is 380 g/mol. The Morgan fingerprint density at radius 3 is 2.52 bits per heavy atom. The van der Waals surface area contributed by atoms with Gasteiger partial charge in [-0.3, -0.25) is 4.79 Å². The number of para-hydroxylation sites is 1. The molecular weight excluding hydrogens is 361 g/mol. The zero-order valence-corrected chi connectivity index (χ0v) is 15.0. The van der Waals surface area contributed by atoms with E-state index >= 15 is 0 Å². The average molecular weight is 380 g/mol. The summed E-state index contributed by atoms with van der Waals surface area (Å²) < 4.78 is 49.2. The predicted molar refractivity (Wildman–Crippen MR) is 95.3 cm³/mol. The maximum absolute atomic E-state index is 12.7. The van der Waals surface area contributed by atoms with E-state index in [2.05, 4.69) is 10.5 Å². The number of methoxy groups -OCH3 is 1. The number of benzene rings is 2. The summed E-state index contributed by atoms with van der Waals surface area (Å²) in [4.78, 5) is 12.1. The van der Waals surface area contributed by atoms with E-state index in [1.807, 2.05) is 13.8 Å². The third-order valence-corrected chi connectivity index (χ3v) is 3.40. The number of rotatable bonds is 6. The van der Waals surface area contributed by atoms with Gasteiger partial charge in [0.05, 0.1) is 25.0 Å². The van der Waals surface area contributed by atoms with Crippen LogP contribution in [-0.2, 0) is 6.18 Å². The van der Waals surface area contributed by atoms with Crippen molar-refractivity contribution in [3.63, 3.8) is 0 Å². The van der Waals surface area contributed by atoms with Crippen LogP contribution in [0.4, 0.5) is 13.2 Å².